The Bertz CT molecular complexity index is 762. The maximum absolute atomic E-state index is 12.3. The van der Waals surface area contributed by atoms with E-state index in [1.807, 2.05) is 4.90 Å². The van der Waals surface area contributed by atoms with Gasteiger partial charge in [-0.25, -0.2) is 4.68 Å². The highest BCUT2D eigenvalue weighted by Crippen LogP contribution is 2.28. The molecule has 0 saturated carbocycles. The van der Waals surface area contributed by atoms with Crippen LogP contribution in [0.2, 0.25) is 0 Å². The molecule has 25 heavy (non-hydrogen) atoms. The van der Waals surface area contributed by atoms with Crippen LogP contribution in [0.1, 0.15) is 16.9 Å². The molecule has 0 bridgehead atoms. The van der Waals surface area contributed by atoms with E-state index >= 15 is 0 Å². The third-order valence-electron chi connectivity index (χ3n) is 3.89. The minimum Gasteiger partial charge on any atom is -0.406 e. The topological polar surface area (TPSA) is 72.3 Å². The summed E-state index contributed by atoms with van der Waals surface area (Å²) in [5.74, 6) is -0.549. The summed E-state index contributed by atoms with van der Waals surface area (Å²) in [6, 6.07) is 5.68. The number of hydrogen-bond acceptors (Lipinski definition) is 5. The molecular weight excluding hydrogens is 339 g/mol. The molecule has 1 fully saturated rings. The van der Waals surface area contributed by atoms with Crippen molar-refractivity contribution in [3.63, 3.8) is 0 Å². The third-order valence-corrected chi connectivity index (χ3v) is 3.89. The lowest BCUT2D eigenvalue weighted by atomic mass is 10.2. The molecule has 1 aliphatic heterocycles. The first-order chi connectivity index (χ1) is 11.8. The molecule has 134 valence electrons. The summed E-state index contributed by atoms with van der Waals surface area (Å²) in [6.45, 7) is 1.11. The Kier molecular flexibility index (Phi) is 4.51. The van der Waals surface area contributed by atoms with Crippen LogP contribution in [0.25, 0.3) is 0 Å². The van der Waals surface area contributed by atoms with Gasteiger partial charge in [0.2, 0.25) is 0 Å². The van der Waals surface area contributed by atoms with Crippen LogP contribution in [0, 0.1) is 0 Å². The van der Waals surface area contributed by atoms with Crippen LogP contribution in [0.5, 0.6) is 5.75 Å². The molecule has 0 radical (unpaired) electrons. The second-order valence-electron chi connectivity index (χ2n) is 5.69. The lowest BCUT2D eigenvalue weighted by Gasteiger charge is -2.20. The molecule has 2 aromatic rings. The van der Waals surface area contributed by atoms with Gasteiger partial charge in [-0.3, -0.25) is 4.79 Å². The number of nitrogens with one attached hydrogen (secondary N) is 1. The molecule has 2 heterocycles. The van der Waals surface area contributed by atoms with Crippen LogP contribution >= 0.6 is 0 Å². The molecule has 10 heteroatoms. The second kappa shape index (κ2) is 6.61. The minimum atomic E-state index is -4.72. The molecule has 1 aromatic heterocycles. The quantitative estimate of drug-likeness (QED) is 0.904. The number of halogens is 3. The Labute approximate surface area is 141 Å². The van der Waals surface area contributed by atoms with Crippen molar-refractivity contribution in [2.24, 2.45) is 7.05 Å². The summed E-state index contributed by atoms with van der Waals surface area (Å²) in [7, 11) is 1.62. The number of alkyl halides is 3. The van der Waals surface area contributed by atoms with Crippen LogP contribution < -0.4 is 15.0 Å². The molecule has 1 atom stereocenters. The Morgan fingerprint density at radius 3 is 2.88 bits per heavy atom. The van der Waals surface area contributed by atoms with Crippen molar-refractivity contribution in [1.29, 1.82) is 0 Å². The average molecular weight is 355 g/mol. The fraction of sp³-hybridized carbons (Fsp3) is 0.400. The zero-order valence-corrected chi connectivity index (χ0v) is 13.3. The van der Waals surface area contributed by atoms with E-state index in [1.165, 1.54) is 29.1 Å². The number of nitrogens with zero attached hydrogens (tertiary/aromatic N) is 4. The predicted octanol–water partition coefficient (Wildman–Crippen LogP) is 1.72. The smallest absolute Gasteiger partial charge is 0.406 e. The number of carbonyl (C=O) groups excluding carboxylic acids is 1. The fourth-order valence-corrected chi connectivity index (χ4v) is 2.74. The zero-order chi connectivity index (χ0) is 18.0. The molecule has 1 aliphatic rings. The summed E-state index contributed by atoms with van der Waals surface area (Å²) in [5.41, 5.74) is 0.958. The summed E-state index contributed by atoms with van der Waals surface area (Å²) in [4.78, 5) is 14.1. The summed E-state index contributed by atoms with van der Waals surface area (Å²) < 4.78 is 42.3. The van der Waals surface area contributed by atoms with Gasteiger partial charge in [0.15, 0.2) is 0 Å². The predicted molar refractivity (Wildman–Crippen MR) is 82.2 cm³/mol. The SMILES string of the molecule is Cn1nncc1C(=O)NC1CCN(c2cccc(OC(F)(F)F)c2)C1. The van der Waals surface area contributed by atoms with E-state index < -0.39 is 6.36 Å². The van der Waals surface area contributed by atoms with E-state index in [0.29, 0.717) is 30.9 Å². The molecule has 1 unspecified atom stereocenters. The van der Waals surface area contributed by atoms with Crippen LogP contribution in [-0.4, -0.2) is 46.4 Å². The molecule has 3 rings (SSSR count). The first-order valence-corrected chi connectivity index (χ1v) is 7.58. The van der Waals surface area contributed by atoms with Crippen molar-refractivity contribution >= 4 is 11.6 Å². The molecule has 1 amide bonds. The number of hydrogen-bond donors (Lipinski definition) is 1. The Hall–Kier alpha value is -2.78. The number of anilines is 1. The van der Waals surface area contributed by atoms with Crippen LogP contribution in [0.4, 0.5) is 18.9 Å². The van der Waals surface area contributed by atoms with Crippen molar-refractivity contribution in [3.8, 4) is 5.75 Å². The van der Waals surface area contributed by atoms with Gasteiger partial charge in [0.05, 0.1) is 6.20 Å². The van der Waals surface area contributed by atoms with Gasteiger partial charge >= 0.3 is 6.36 Å². The molecule has 1 aromatic carbocycles. The minimum absolute atomic E-state index is 0.116. The molecule has 1 N–H and O–H groups in total. The number of benzene rings is 1. The molecule has 7 nitrogen and oxygen atoms in total. The molecule has 0 spiro atoms. The van der Waals surface area contributed by atoms with E-state index in [4.69, 9.17) is 0 Å². The summed E-state index contributed by atoms with van der Waals surface area (Å²) >= 11 is 0. The monoisotopic (exact) mass is 355 g/mol. The van der Waals surface area contributed by atoms with E-state index in [0.717, 1.165) is 0 Å². The number of ether oxygens (including phenoxy) is 1. The standard InChI is InChI=1S/C15H16F3N5O2/c1-22-13(8-19-21-22)14(24)20-10-5-6-23(9-10)11-3-2-4-12(7-11)25-15(16,17)18/h2-4,7-8,10H,5-6,9H2,1H3,(H,20,24). The van der Waals surface area contributed by atoms with Gasteiger partial charge < -0.3 is 15.0 Å². The first-order valence-electron chi connectivity index (χ1n) is 7.58. The van der Waals surface area contributed by atoms with Crippen molar-refractivity contribution in [2.45, 2.75) is 18.8 Å². The van der Waals surface area contributed by atoms with Gasteiger partial charge in [0.25, 0.3) is 5.91 Å². The highest BCUT2D eigenvalue weighted by atomic mass is 19.4. The van der Waals surface area contributed by atoms with E-state index in [2.05, 4.69) is 20.4 Å². The highest BCUT2D eigenvalue weighted by Gasteiger charge is 2.31. The van der Waals surface area contributed by atoms with Crippen molar-refractivity contribution in [1.82, 2.24) is 20.3 Å². The Balaban J connectivity index is 1.62. The second-order valence-corrected chi connectivity index (χ2v) is 5.69. The maximum atomic E-state index is 12.3. The summed E-state index contributed by atoms with van der Waals surface area (Å²) in [5, 5.41) is 10.2. The van der Waals surface area contributed by atoms with Gasteiger partial charge in [-0.15, -0.1) is 18.3 Å². The highest BCUT2D eigenvalue weighted by molar-refractivity contribution is 5.92. The molecule has 0 aliphatic carbocycles. The van der Waals surface area contributed by atoms with Gasteiger partial charge in [-0.2, -0.15) is 0 Å². The number of rotatable bonds is 4. The van der Waals surface area contributed by atoms with Crippen LogP contribution in [0.3, 0.4) is 0 Å². The number of aryl methyl sites for hydroxylation is 1. The zero-order valence-electron chi connectivity index (χ0n) is 13.3. The van der Waals surface area contributed by atoms with Gasteiger partial charge in [-0.1, -0.05) is 11.3 Å². The van der Waals surface area contributed by atoms with E-state index in [9.17, 15) is 18.0 Å². The maximum Gasteiger partial charge on any atom is 0.573 e. The largest absolute Gasteiger partial charge is 0.573 e. The summed E-state index contributed by atoms with van der Waals surface area (Å²) in [6.07, 6.45) is -2.67. The van der Waals surface area contributed by atoms with Crippen molar-refractivity contribution in [2.75, 3.05) is 18.0 Å². The van der Waals surface area contributed by atoms with E-state index in [1.54, 1.807) is 13.1 Å². The number of carbonyl (C=O) groups is 1. The molecule has 1 saturated heterocycles. The Morgan fingerprint density at radius 2 is 2.20 bits per heavy atom. The normalized spacial score (nSPS) is 17.6. The number of amides is 1. The van der Waals surface area contributed by atoms with Crippen molar-refractivity contribution < 1.29 is 22.7 Å². The third kappa shape index (κ3) is 4.20. The molecular formula is C15H16F3N5O2. The fourth-order valence-electron chi connectivity index (χ4n) is 2.74. The number of aromatic nitrogens is 3. The average Bonchev–Trinajstić information content (AvgIpc) is 3.15. The van der Waals surface area contributed by atoms with Gasteiger partial charge in [0, 0.05) is 37.9 Å². The van der Waals surface area contributed by atoms with Crippen molar-refractivity contribution in [3.05, 3.63) is 36.2 Å². The van der Waals surface area contributed by atoms with Crippen LogP contribution in [-0.2, 0) is 7.05 Å². The lowest BCUT2D eigenvalue weighted by molar-refractivity contribution is -0.274. The Morgan fingerprint density at radius 1 is 1.40 bits per heavy atom. The lowest BCUT2D eigenvalue weighted by Crippen LogP contribution is -2.37. The van der Waals surface area contributed by atoms with Crippen LogP contribution in [0.15, 0.2) is 30.5 Å². The van der Waals surface area contributed by atoms with Gasteiger partial charge in [0.1, 0.15) is 11.4 Å². The van der Waals surface area contributed by atoms with Gasteiger partial charge in [-0.05, 0) is 18.6 Å². The first kappa shape index (κ1) is 17.1. The van der Waals surface area contributed by atoms with E-state index in [-0.39, 0.29) is 17.7 Å².